The predicted molar refractivity (Wildman–Crippen MR) is 60.1 cm³/mol. The quantitative estimate of drug-likeness (QED) is 0.648. The third kappa shape index (κ3) is 1.95. The number of nitrogens with zero attached hydrogens (tertiary/aromatic N) is 1. The third-order valence-electron chi connectivity index (χ3n) is 2.03. The second kappa shape index (κ2) is 4.79. The van der Waals surface area contributed by atoms with Gasteiger partial charge in [-0.2, -0.15) is 0 Å². The Hall–Kier alpha value is -1.32. The molecule has 4 heteroatoms. The minimum Gasteiger partial charge on any atom is -0.412 e. The topological polar surface area (TPSA) is 53.5 Å². The molecule has 0 atom stereocenters. The van der Waals surface area contributed by atoms with Gasteiger partial charge in [0, 0.05) is 13.1 Å². The summed E-state index contributed by atoms with van der Waals surface area (Å²) >= 11 is 0. The van der Waals surface area contributed by atoms with E-state index in [4.69, 9.17) is 0 Å². The molecule has 1 heterocycles. The second-order valence-electron chi connectivity index (χ2n) is 2.79. The smallest absolute Gasteiger partial charge is 0.250 e. The first-order valence-electron chi connectivity index (χ1n) is 3.84. The molecule has 0 bridgehead atoms. The number of rotatable bonds is 0. The fourth-order valence-electron chi connectivity index (χ4n) is 1.33. The van der Waals surface area contributed by atoms with Crippen LogP contribution in [0.5, 0.6) is 0 Å². The zero-order valence-electron chi connectivity index (χ0n) is 7.73. The highest BCUT2D eigenvalue weighted by Crippen LogP contribution is 2.08. The predicted octanol–water partition coefficient (Wildman–Crippen LogP) is 1.14. The number of hydrogen-bond donors (Lipinski definition) is 0. The molecule has 14 heavy (non-hydrogen) atoms. The molecule has 2 rings (SSSR count). The van der Waals surface area contributed by atoms with Crippen LogP contribution in [0, 0.1) is 0 Å². The molecule has 0 aliphatic carbocycles. The molecule has 0 fully saturated rings. The normalized spacial score (nSPS) is 8.93. The molecule has 0 unspecified atom stereocenters. The van der Waals surface area contributed by atoms with E-state index >= 15 is 0 Å². The maximum Gasteiger partial charge on any atom is 0.250 e. The lowest BCUT2D eigenvalue weighted by molar-refractivity contribution is 0.824. The van der Waals surface area contributed by atoms with Gasteiger partial charge in [-0.25, -0.2) is 0 Å². The number of aryl methyl sites for hydroxylation is 1. The molecule has 0 aliphatic heterocycles. The SMILES string of the molecule is Cl.Cn1c(=O)ccc2ccccc21.O. The molecule has 0 spiro atoms. The lowest BCUT2D eigenvalue weighted by Gasteiger charge is -2.01. The first-order chi connectivity index (χ1) is 5.79. The van der Waals surface area contributed by atoms with E-state index in [9.17, 15) is 4.79 Å². The Morgan fingerprint density at radius 3 is 2.43 bits per heavy atom. The molecule has 0 saturated carbocycles. The number of halogens is 1. The van der Waals surface area contributed by atoms with Gasteiger partial charge in [0.1, 0.15) is 0 Å². The minimum absolute atomic E-state index is 0. The number of aromatic nitrogens is 1. The number of benzene rings is 1. The van der Waals surface area contributed by atoms with Crippen LogP contribution < -0.4 is 5.56 Å². The number of hydrogen-bond acceptors (Lipinski definition) is 1. The Kier molecular flexibility index (Phi) is 4.34. The highest BCUT2D eigenvalue weighted by atomic mass is 35.5. The first-order valence-corrected chi connectivity index (χ1v) is 3.84. The lowest BCUT2D eigenvalue weighted by atomic mass is 10.2. The van der Waals surface area contributed by atoms with Gasteiger partial charge in [0.05, 0.1) is 5.52 Å². The van der Waals surface area contributed by atoms with Crippen molar-refractivity contribution in [2.45, 2.75) is 0 Å². The third-order valence-corrected chi connectivity index (χ3v) is 2.03. The van der Waals surface area contributed by atoms with Crippen LogP contribution in [0.25, 0.3) is 10.9 Å². The molecular weight excluding hydrogens is 202 g/mol. The lowest BCUT2D eigenvalue weighted by Crippen LogP contribution is -2.14. The van der Waals surface area contributed by atoms with Gasteiger partial charge in [-0.1, -0.05) is 18.2 Å². The maximum atomic E-state index is 11.2. The Balaban J connectivity index is 0.000000845. The van der Waals surface area contributed by atoms with E-state index in [0.717, 1.165) is 10.9 Å². The van der Waals surface area contributed by atoms with Gasteiger partial charge in [-0.15, -0.1) is 12.4 Å². The van der Waals surface area contributed by atoms with Crippen molar-refractivity contribution in [3.8, 4) is 0 Å². The van der Waals surface area contributed by atoms with Crippen LogP contribution in [0.3, 0.4) is 0 Å². The van der Waals surface area contributed by atoms with Gasteiger partial charge < -0.3 is 10.0 Å². The average molecular weight is 214 g/mol. The molecule has 1 aromatic carbocycles. The molecule has 0 saturated heterocycles. The summed E-state index contributed by atoms with van der Waals surface area (Å²) in [6, 6.07) is 11.3. The molecule has 0 aliphatic rings. The van der Waals surface area contributed by atoms with Crippen LogP contribution in [-0.4, -0.2) is 10.0 Å². The van der Waals surface area contributed by atoms with Crippen LogP contribution in [0.2, 0.25) is 0 Å². The zero-order chi connectivity index (χ0) is 8.55. The Morgan fingerprint density at radius 1 is 1.07 bits per heavy atom. The molecule has 2 N–H and O–H groups in total. The van der Waals surface area contributed by atoms with E-state index in [-0.39, 0.29) is 23.4 Å². The van der Waals surface area contributed by atoms with Crippen LogP contribution in [0.4, 0.5) is 0 Å². The molecule has 3 nitrogen and oxygen atoms in total. The standard InChI is InChI=1S/C10H9NO.ClH.H2O/c1-11-9-5-3-2-4-8(9)6-7-10(11)12;;/h2-7H,1H3;1H;1H2. The van der Waals surface area contributed by atoms with Crippen molar-refractivity contribution in [1.29, 1.82) is 0 Å². The summed E-state index contributed by atoms with van der Waals surface area (Å²) in [4.78, 5) is 11.2. The average Bonchev–Trinajstić information content (AvgIpc) is 2.12. The summed E-state index contributed by atoms with van der Waals surface area (Å²) in [6.45, 7) is 0. The van der Waals surface area contributed by atoms with Gasteiger partial charge in [0.25, 0.3) is 5.56 Å². The van der Waals surface area contributed by atoms with Crippen molar-refractivity contribution in [3.05, 3.63) is 46.8 Å². The fraction of sp³-hybridized carbons (Fsp3) is 0.100. The van der Waals surface area contributed by atoms with E-state index in [0.29, 0.717) is 0 Å². The minimum atomic E-state index is 0. The zero-order valence-corrected chi connectivity index (χ0v) is 8.54. The molecule has 1 aromatic heterocycles. The summed E-state index contributed by atoms with van der Waals surface area (Å²) in [5.41, 5.74) is 1.01. The van der Waals surface area contributed by atoms with Gasteiger partial charge >= 0.3 is 0 Å². The summed E-state index contributed by atoms with van der Waals surface area (Å²) in [7, 11) is 1.78. The summed E-state index contributed by atoms with van der Waals surface area (Å²) in [5, 5.41) is 1.10. The molecule has 0 radical (unpaired) electrons. The van der Waals surface area contributed by atoms with E-state index in [1.54, 1.807) is 17.7 Å². The Labute approximate surface area is 87.7 Å². The molecule has 2 aromatic rings. The number of pyridine rings is 1. The van der Waals surface area contributed by atoms with Crippen LogP contribution >= 0.6 is 12.4 Å². The monoisotopic (exact) mass is 213 g/mol. The first kappa shape index (κ1) is 12.7. The van der Waals surface area contributed by atoms with Crippen molar-refractivity contribution in [3.63, 3.8) is 0 Å². The fourth-order valence-corrected chi connectivity index (χ4v) is 1.33. The largest absolute Gasteiger partial charge is 0.412 e. The molecule has 76 valence electrons. The van der Waals surface area contributed by atoms with Crippen molar-refractivity contribution in [2.24, 2.45) is 7.05 Å². The van der Waals surface area contributed by atoms with Gasteiger partial charge in [0.2, 0.25) is 0 Å². The van der Waals surface area contributed by atoms with Crippen LogP contribution in [0.15, 0.2) is 41.2 Å². The number of fused-ring (bicyclic) bond motifs is 1. The van der Waals surface area contributed by atoms with Crippen molar-refractivity contribution in [2.75, 3.05) is 0 Å². The Morgan fingerprint density at radius 2 is 1.71 bits per heavy atom. The Bertz CT molecular complexity index is 479. The van der Waals surface area contributed by atoms with E-state index in [1.165, 1.54) is 0 Å². The highest BCUT2D eigenvalue weighted by molar-refractivity contribution is 5.85. The van der Waals surface area contributed by atoms with Crippen molar-refractivity contribution in [1.82, 2.24) is 4.57 Å². The van der Waals surface area contributed by atoms with E-state index < -0.39 is 0 Å². The maximum absolute atomic E-state index is 11.2. The molecule has 0 amide bonds. The van der Waals surface area contributed by atoms with Crippen LogP contribution in [-0.2, 0) is 7.05 Å². The molecular formula is C10H12ClNO2. The summed E-state index contributed by atoms with van der Waals surface area (Å²) < 4.78 is 1.65. The van der Waals surface area contributed by atoms with Gasteiger partial charge in [-0.05, 0) is 17.5 Å². The van der Waals surface area contributed by atoms with Crippen molar-refractivity contribution < 1.29 is 5.48 Å². The van der Waals surface area contributed by atoms with E-state index in [1.807, 2.05) is 30.3 Å². The van der Waals surface area contributed by atoms with Gasteiger partial charge in [-0.3, -0.25) is 4.79 Å². The highest BCUT2D eigenvalue weighted by Gasteiger charge is 1.95. The second-order valence-corrected chi connectivity index (χ2v) is 2.79. The van der Waals surface area contributed by atoms with Crippen LogP contribution in [0.1, 0.15) is 0 Å². The van der Waals surface area contributed by atoms with Crippen molar-refractivity contribution >= 4 is 23.3 Å². The van der Waals surface area contributed by atoms with E-state index in [2.05, 4.69) is 0 Å². The van der Waals surface area contributed by atoms with Gasteiger partial charge in [0.15, 0.2) is 0 Å². The number of para-hydroxylation sites is 1. The summed E-state index contributed by atoms with van der Waals surface area (Å²) in [5.74, 6) is 0. The summed E-state index contributed by atoms with van der Waals surface area (Å²) in [6.07, 6.45) is 0.